The highest BCUT2D eigenvalue weighted by atomic mass is 32.2. The number of hydrogen-bond donors (Lipinski definition) is 6. The summed E-state index contributed by atoms with van der Waals surface area (Å²) in [7, 11) is 1.85. The molecule has 1 aliphatic heterocycles. The number of rotatable bonds is 19. The van der Waals surface area contributed by atoms with Gasteiger partial charge in [0.15, 0.2) is 0 Å². The molecule has 0 aromatic heterocycles. The standard InChI is InChI=1S/C35H53N7O4S/c1-38-19-10-17-30(35(46)42-20-11-22-47-23-21-42)40-33(44)29(16-8-9-18-36)39-34(45)31(25-27-14-6-3-7-15-27)41-32(43)28(37)24-26-12-4-2-5-13-26/h2-7,12-15,28-31,38H,8-11,16-25,36-37H2,1H3,(H,39,45)(H,40,44)(H,41,43)/t28-,29-,30-,31-/m1/s1. The van der Waals surface area contributed by atoms with E-state index in [2.05, 4.69) is 21.3 Å². The van der Waals surface area contributed by atoms with Crippen LogP contribution in [0.25, 0.3) is 0 Å². The van der Waals surface area contributed by atoms with E-state index in [0.717, 1.165) is 29.1 Å². The molecule has 258 valence electrons. The number of carbonyl (C=O) groups excluding carboxylic acids is 4. The Hall–Kier alpha value is -3.45. The van der Waals surface area contributed by atoms with Gasteiger partial charge in [0, 0.05) is 25.3 Å². The van der Waals surface area contributed by atoms with Crippen LogP contribution in [0.3, 0.4) is 0 Å². The fourth-order valence-corrected chi connectivity index (χ4v) is 6.42. The molecule has 47 heavy (non-hydrogen) atoms. The summed E-state index contributed by atoms with van der Waals surface area (Å²) in [5.74, 6) is 0.403. The van der Waals surface area contributed by atoms with Crippen LogP contribution in [0.5, 0.6) is 0 Å². The monoisotopic (exact) mass is 667 g/mol. The van der Waals surface area contributed by atoms with Gasteiger partial charge in [-0.05, 0) is 82.0 Å². The van der Waals surface area contributed by atoms with Crippen LogP contribution in [0.15, 0.2) is 60.7 Å². The Balaban J connectivity index is 1.77. The fraction of sp³-hybridized carbons (Fsp3) is 0.543. The van der Waals surface area contributed by atoms with E-state index >= 15 is 0 Å². The lowest BCUT2D eigenvalue weighted by atomic mass is 10.0. The van der Waals surface area contributed by atoms with Gasteiger partial charge >= 0.3 is 0 Å². The third-order valence-corrected chi connectivity index (χ3v) is 9.25. The largest absolute Gasteiger partial charge is 0.343 e. The number of thioether (sulfide) groups is 1. The van der Waals surface area contributed by atoms with Crippen LogP contribution in [-0.2, 0) is 32.0 Å². The van der Waals surface area contributed by atoms with Crippen molar-refractivity contribution in [1.82, 2.24) is 26.2 Å². The van der Waals surface area contributed by atoms with Gasteiger partial charge in [-0.25, -0.2) is 0 Å². The van der Waals surface area contributed by atoms with Gasteiger partial charge in [-0.15, -0.1) is 0 Å². The Bertz CT molecular complexity index is 1230. The molecule has 0 radical (unpaired) electrons. The Morgan fingerprint density at radius 2 is 1.34 bits per heavy atom. The molecule has 1 fully saturated rings. The molecule has 4 atom stereocenters. The van der Waals surface area contributed by atoms with Crippen LogP contribution in [0.2, 0.25) is 0 Å². The zero-order chi connectivity index (χ0) is 33.9. The minimum absolute atomic E-state index is 0.0920. The second-order valence-corrected chi connectivity index (χ2v) is 13.2. The lowest BCUT2D eigenvalue weighted by molar-refractivity contribution is -0.137. The summed E-state index contributed by atoms with van der Waals surface area (Å²) in [6.45, 7) is 2.46. The Morgan fingerprint density at radius 3 is 2.00 bits per heavy atom. The molecule has 3 rings (SSSR count). The first-order valence-electron chi connectivity index (χ1n) is 16.8. The average Bonchev–Trinajstić information content (AvgIpc) is 3.37. The van der Waals surface area contributed by atoms with Crippen LogP contribution in [0, 0.1) is 0 Å². The maximum absolute atomic E-state index is 13.9. The van der Waals surface area contributed by atoms with Gasteiger partial charge in [0.2, 0.25) is 23.6 Å². The van der Waals surface area contributed by atoms with E-state index < -0.39 is 41.9 Å². The molecular weight excluding hydrogens is 614 g/mol. The van der Waals surface area contributed by atoms with Crippen molar-refractivity contribution in [2.75, 3.05) is 44.7 Å². The molecule has 8 N–H and O–H groups in total. The van der Waals surface area contributed by atoms with Crippen LogP contribution in [-0.4, -0.2) is 97.4 Å². The molecule has 0 saturated carbocycles. The number of nitrogens with two attached hydrogens (primary N) is 2. The van der Waals surface area contributed by atoms with Crippen molar-refractivity contribution in [3.05, 3.63) is 71.8 Å². The maximum Gasteiger partial charge on any atom is 0.245 e. The third-order valence-electron chi connectivity index (χ3n) is 8.20. The van der Waals surface area contributed by atoms with Crippen LogP contribution in [0.1, 0.15) is 49.7 Å². The predicted molar refractivity (Wildman–Crippen MR) is 189 cm³/mol. The number of unbranched alkanes of at least 4 members (excludes halogenated alkanes) is 1. The van der Waals surface area contributed by atoms with Crippen LogP contribution < -0.4 is 32.7 Å². The molecule has 1 aliphatic rings. The third kappa shape index (κ3) is 13.7. The topological polar surface area (TPSA) is 172 Å². The van der Waals surface area contributed by atoms with Gasteiger partial charge in [0.05, 0.1) is 6.04 Å². The second-order valence-electron chi connectivity index (χ2n) is 12.0. The Morgan fingerprint density at radius 1 is 0.745 bits per heavy atom. The van der Waals surface area contributed by atoms with Gasteiger partial charge < -0.3 is 37.6 Å². The highest BCUT2D eigenvalue weighted by Gasteiger charge is 2.32. The minimum Gasteiger partial charge on any atom is -0.343 e. The van der Waals surface area contributed by atoms with E-state index in [1.165, 1.54) is 0 Å². The number of carbonyl (C=O) groups is 4. The summed E-state index contributed by atoms with van der Waals surface area (Å²) < 4.78 is 0. The van der Waals surface area contributed by atoms with Crippen molar-refractivity contribution >= 4 is 35.4 Å². The molecule has 11 nitrogen and oxygen atoms in total. The summed E-state index contributed by atoms with van der Waals surface area (Å²) in [5, 5.41) is 11.8. The average molecular weight is 668 g/mol. The highest BCUT2D eigenvalue weighted by Crippen LogP contribution is 2.14. The zero-order valence-electron chi connectivity index (χ0n) is 27.6. The van der Waals surface area contributed by atoms with E-state index in [9.17, 15) is 19.2 Å². The maximum atomic E-state index is 13.9. The molecule has 1 saturated heterocycles. The molecule has 4 amide bonds. The van der Waals surface area contributed by atoms with Crippen molar-refractivity contribution in [2.45, 2.75) is 75.5 Å². The quantitative estimate of drug-likeness (QED) is 0.122. The summed E-state index contributed by atoms with van der Waals surface area (Å²) >= 11 is 1.83. The van der Waals surface area contributed by atoms with E-state index in [1.54, 1.807) is 0 Å². The molecule has 12 heteroatoms. The first kappa shape index (κ1) is 38.0. The molecule has 0 aliphatic carbocycles. The molecule has 2 aromatic carbocycles. The highest BCUT2D eigenvalue weighted by molar-refractivity contribution is 7.99. The predicted octanol–water partition coefficient (Wildman–Crippen LogP) is 1.35. The van der Waals surface area contributed by atoms with Crippen molar-refractivity contribution in [1.29, 1.82) is 0 Å². The summed E-state index contributed by atoms with van der Waals surface area (Å²) in [6.07, 6.45) is 4.24. The van der Waals surface area contributed by atoms with Crippen molar-refractivity contribution in [3.63, 3.8) is 0 Å². The van der Waals surface area contributed by atoms with Gasteiger partial charge in [-0.3, -0.25) is 19.2 Å². The molecule has 1 heterocycles. The van der Waals surface area contributed by atoms with Gasteiger partial charge in [-0.1, -0.05) is 60.7 Å². The SMILES string of the molecule is CNCCC[C@@H](NC(=O)[C@@H](CCCCN)NC(=O)[C@@H](Cc1ccccc1)NC(=O)[C@H](N)Cc1ccccc1)C(=O)N1CCCSCC1. The number of benzene rings is 2. The summed E-state index contributed by atoms with van der Waals surface area (Å²) in [5.41, 5.74) is 13.8. The van der Waals surface area contributed by atoms with E-state index in [0.29, 0.717) is 64.7 Å². The normalized spacial score (nSPS) is 15.9. The van der Waals surface area contributed by atoms with Crippen LogP contribution in [0.4, 0.5) is 0 Å². The van der Waals surface area contributed by atoms with Crippen molar-refractivity contribution < 1.29 is 19.2 Å². The number of amides is 4. The van der Waals surface area contributed by atoms with Crippen molar-refractivity contribution in [3.8, 4) is 0 Å². The van der Waals surface area contributed by atoms with E-state index in [-0.39, 0.29) is 12.3 Å². The fourth-order valence-electron chi connectivity index (χ4n) is 5.53. The van der Waals surface area contributed by atoms with Gasteiger partial charge in [0.1, 0.15) is 18.1 Å². The zero-order valence-corrected chi connectivity index (χ0v) is 28.4. The van der Waals surface area contributed by atoms with Gasteiger partial charge in [0.25, 0.3) is 0 Å². The lowest BCUT2D eigenvalue weighted by Gasteiger charge is -2.29. The Kier molecular flexibility index (Phi) is 17.3. The van der Waals surface area contributed by atoms with E-state index in [4.69, 9.17) is 11.5 Å². The molecule has 0 bridgehead atoms. The second kappa shape index (κ2) is 21.4. The molecule has 0 unspecified atom stereocenters. The number of nitrogens with one attached hydrogen (secondary N) is 4. The summed E-state index contributed by atoms with van der Waals surface area (Å²) in [4.78, 5) is 56.4. The van der Waals surface area contributed by atoms with Crippen LogP contribution >= 0.6 is 11.8 Å². The summed E-state index contributed by atoms with van der Waals surface area (Å²) in [6, 6.07) is 15.4. The smallest absolute Gasteiger partial charge is 0.245 e. The van der Waals surface area contributed by atoms with Gasteiger partial charge in [-0.2, -0.15) is 11.8 Å². The molecular formula is C35H53N7O4S. The first-order valence-corrected chi connectivity index (χ1v) is 17.9. The molecule has 0 spiro atoms. The number of nitrogens with zero attached hydrogens (tertiary/aromatic N) is 1. The van der Waals surface area contributed by atoms with E-state index in [1.807, 2.05) is 84.4 Å². The first-order chi connectivity index (χ1) is 22.8. The lowest BCUT2D eigenvalue weighted by Crippen LogP contribution is -2.58. The minimum atomic E-state index is -0.973. The van der Waals surface area contributed by atoms with Crippen molar-refractivity contribution in [2.24, 2.45) is 11.5 Å². The number of hydrogen-bond acceptors (Lipinski definition) is 8. The Labute approximate surface area is 283 Å². The molecule has 2 aromatic rings.